The van der Waals surface area contributed by atoms with Crippen molar-refractivity contribution in [2.45, 2.75) is 24.6 Å². The van der Waals surface area contributed by atoms with Crippen LogP contribution in [0.25, 0.3) is 0 Å². The number of benzene rings is 1. The zero-order valence-electron chi connectivity index (χ0n) is 9.93. The fourth-order valence-electron chi connectivity index (χ4n) is 1.89. The van der Waals surface area contributed by atoms with Crippen LogP contribution in [-0.2, 0) is 21.3 Å². The van der Waals surface area contributed by atoms with Gasteiger partial charge in [0.05, 0.1) is 5.25 Å². The molecule has 6 heteroatoms. The van der Waals surface area contributed by atoms with Gasteiger partial charge in [0.15, 0.2) is 0 Å². The molecule has 0 unspecified atom stereocenters. The Kier molecular flexibility index (Phi) is 4.77. The zero-order valence-corrected chi connectivity index (χ0v) is 12.3. The Balaban J connectivity index is 1.94. The van der Waals surface area contributed by atoms with Crippen LogP contribution in [0, 0.1) is 0 Å². The first kappa shape index (κ1) is 14.0. The van der Waals surface area contributed by atoms with Crippen molar-refractivity contribution in [1.29, 1.82) is 0 Å². The minimum atomic E-state index is -3.23. The number of sulfonamides is 1. The molecule has 4 nitrogen and oxygen atoms in total. The first-order valence-corrected chi connectivity index (χ1v) is 8.22. The maximum Gasteiger partial charge on any atom is 0.214 e. The summed E-state index contributed by atoms with van der Waals surface area (Å²) in [7, 11) is -3.23. The Morgan fingerprint density at radius 2 is 1.83 bits per heavy atom. The molecule has 0 spiro atoms. The van der Waals surface area contributed by atoms with Crippen LogP contribution in [0.3, 0.4) is 0 Å². The molecule has 1 fully saturated rings. The summed E-state index contributed by atoms with van der Waals surface area (Å²) in [4.78, 5) is 0. The summed E-state index contributed by atoms with van der Waals surface area (Å²) >= 11 is 3.35. The highest BCUT2D eigenvalue weighted by molar-refractivity contribution is 9.10. The maximum atomic E-state index is 12.0. The second-order valence-electron chi connectivity index (χ2n) is 4.30. The predicted octanol–water partition coefficient (Wildman–Crippen LogP) is 2.05. The Morgan fingerprint density at radius 3 is 2.44 bits per heavy atom. The van der Waals surface area contributed by atoms with E-state index in [1.807, 2.05) is 24.3 Å². The molecular weight excluding hydrogens is 318 g/mol. The molecule has 0 bridgehead atoms. The molecule has 1 aromatic carbocycles. The first-order chi connectivity index (χ1) is 8.58. The topological polar surface area (TPSA) is 55.4 Å². The van der Waals surface area contributed by atoms with Gasteiger partial charge in [-0.15, -0.1) is 0 Å². The van der Waals surface area contributed by atoms with E-state index in [0.717, 1.165) is 10.0 Å². The average molecular weight is 334 g/mol. The minimum Gasteiger partial charge on any atom is -0.381 e. The predicted molar refractivity (Wildman–Crippen MR) is 73.7 cm³/mol. The van der Waals surface area contributed by atoms with E-state index in [0.29, 0.717) is 32.6 Å². The lowest BCUT2D eigenvalue weighted by Gasteiger charge is -2.22. The van der Waals surface area contributed by atoms with Crippen LogP contribution in [0.1, 0.15) is 18.4 Å². The highest BCUT2D eigenvalue weighted by atomic mass is 79.9. The smallest absolute Gasteiger partial charge is 0.214 e. The number of hydrogen-bond donors (Lipinski definition) is 1. The molecule has 1 aliphatic heterocycles. The van der Waals surface area contributed by atoms with E-state index in [2.05, 4.69) is 20.7 Å². The summed E-state index contributed by atoms with van der Waals surface area (Å²) in [6.45, 7) is 1.40. The number of nitrogens with one attached hydrogen (secondary N) is 1. The Morgan fingerprint density at radius 1 is 1.22 bits per heavy atom. The van der Waals surface area contributed by atoms with E-state index in [1.165, 1.54) is 0 Å². The fraction of sp³-hybridized carbons (Fsp3) is 0.500. The van der Waals surface area contributed by atoms with Gasteiger partial charge in [-0.3, -0.25) is 0 Å². The van der Waals surface area contributed by atoms with Crippen LogP contribution in [0.4, 0.5) is 0 Å². The van der Waals surface area contributed by atoms with Crippen molar-refractivity contribution >= 4 is 26.0 Å². The third-order valence-corrected chi connectivity index (χ3v) is 5.42. The van der Waals surface area contributed by atoms with Gasteiger partial charge in [0.25, 0.3) is 0 Å². The van der Waals surface area contributed by atoms with E-state index < -0.39 is 10.0 Å². The van der Waals surface area contributed by atoms with E-state index in [9.17, 15) is 8.42 Å². The minimum absolute atomic E-state index is 0.318. The Labute approximate surface area is 116 Å². The van der Waals surface area contributed by atoms with Gasteiger partial charge < -0.3 is 4.74 Å². The second-order valence-corrected chi connectivity index (χ2v) is 7.27. The van der Waals surface area contributed by atoms with Crippen molar-refractivity contribution in [1.82, 2.24) is 4.72 Å². The largest absolute Gasteiger partial charge is 0.381 e. The van der Waals surface area contributed by atoms with Crippen LogP contribution >= 0.6 is 15.9 Å². The molecule has 0 radical (unpaired) electrons. The summed E-state index contributed by atoms with van der Waals surface area (Å²) in [6.07, 6.45) is 1.16. The summed E-state index contributed by atoms with van der Waals surface area (Å²) < 4.78 is 32.9. The number of hydrogen-bond acceptors (Lipinski definition) is 3. The molecule has 0 atom stereocenters. The molecule has 0 amide bonds. The lowest BCUT2D eigenvalue weighted by Crippen LogP contribution is -2.37. The molecular formula is C12H16BrNO3S. The van der Waals surface area contributed by atoms with Crippen molar-refractivity contribution in [3.63, 3.8) is 0 Å². The highest BCUT2D eigenvalue weighted by Gasteiger charge is 2.27. The molecule has 0 aliphatic carbocycles. The molecule has 100 valence electrons. The van der Waals surface area contributed by atoms with Crippen LogP contribution in [0.5, 0.6) is 0 Å². The van der Waals surface area contributed by atoms with Gasteiger partial charge in [0.2, 0.25) is 10.0 Å². The summed E-state index contributed by atoms with van der Waals surface area (Å²) in [6, 6.07) is 7.60. The van der Waals surface area contributed by atoms with E-state index in [1.54, 1.807) is 0 Å². The molecule has 1 heterocycles. The van der Waals surface area contributed by atoms with Crippen molar-refractivity contribution in [3.05, 3.63) is 34.3 Å². The third-order valence-electron chi connectivity index (χ3n) is 3.00. The van der Waals surface area contributed by atoms with Gasteiger partial charge in [-0.05, 0) is 30.5 Å². The first-order valence-electron chi connectivity index (χ1n) is 5.88. The quantitative estimate of drug-likeness (QED) is 0.917. The summed E-state index contributed by atoms with van der Waals surface area (Å²) in [5.74, 6) is 0. The van der Waals surface area contributed by atoms with Crippen molar-refractivity contribution in [2.75, 3.05) is 13.2 Å². The molecule has 1 saturated heterocycles. The van der Waals surface area contributed by atoms with Crippen LogP contribution in [0.15, 0.2) is 28.7 Å². The molecule has 1 N–H and O–H groups in total. The normalized spacial score (nSPS) is 17.8. The highest BCUT2D eigenvalue weighted by Crippen LogP contribution is 2.16. The number of rotatable bonds is 4. The third kappa shape index (κ3) is 3.78. The lowest BCUT2D eigenvalue weighted by atomic mass is 10.2. The van der Waals surface area contributed by atoms with Gasteiger partial charge in [-0.1, -0.05) is 28.1 Å². The number of ether oxygens (including phenoxy) is 1. The van der Waals surface area contributed by atoms with Gasteiger partial charge >= 0.3 is 0 Å². The number of halogens is 1. The SMILES string of the molecule is O=S(=O)(NCc1ccc(Br)cc1)C1CCOCC1. The van der Waals surface area contributed by atoms with Crippen LogP contribution in [0.2, 0.25) is 0 Å². The molecule has 1 aromatic rings. The Hall–Kier alpha value is -0.430. The zero-order chi connectivity index (χ0) is 13.0. The van der Waals surface area contributed by atoms with Crippen LogP contribution in [-0.4, -0.2) is 26.9 Å². The molecule has 18 heavy (non-hydrogen) atoms. The monoisotopic (exact) mass is 333 g/mol. The maximum absolute atomic E-state index is 12.0. The molecule has 0 aromatic heterocycles. The van der Waals surface area contributed by atoms with Gasteiger partial charge in [-0.2, -0.15) is 0 Å². The molecule has 2 rings (SSSR count). The summed E-state index contributed by atoms with van der Waals surface area (Å²) in [5, 5.41) is -0.318. The molecule has 0 saturated carbocycles. The standard InChI is InChI=1S/C12H16BrNO3S/c13-11-3-1-10(2-4-11)9-14-18(15,16)12-5-7-17-8-6-12/h1-4,12,14H,5-9H2. The van der Waals surface area contributed by atoms with Crippen LogP contribution < -0.4 is 4.72 Å². The van der Waals surface area contributed by atoms with Crippen molar-refractivity contribution in [3.8, 4) is 0 Å². The van der Waals surface area contributed by atoms with Crippen molar-refractivity contribution < 1.29 is 13.2 Å². The van der Waals surface area contributed by atoms with Crippen molar-refractivity contribution in [2.24, 2.45) is 0 Å². The lowest BCUT2D eigenvalue weighted by molar-refractivity contribution is 0.0981. The van der Waals surface area contributed by atoms with E-state index in [4.69, 9.17) is 4.74 Å². The fourth-order valence-corrected chi connectivity index (χ4v) is 3.57. The van der Waals surface area contributed by atoms with E-state index in [-0.39, 0.29) is 5.25 Å². The van der Waals surface area contributed by atoms with Gasteiger partial charge in [0, 0.05) is 24.2 Å². The summed E-state index contributed by atoms with van der Waals surface area (Å²) in [5.41, 5.74) is 0.953. The Bertz CT molecular complexity index is 481. The van der Waals surface area contributed by atoms with Gasteiger partial charge in [-0.25, -0.2) is 13.1 Å². The van der Waals surface area contributed by atoms with Gasteiger partial charge in [0.1, 0.15) is 0 Å². The molecule has 1 aliphatic rings. The average Bonchev–Trinajstić information content (AvgIpc) is 2.39. The second kappa shape index (κ2) is 6.14. The van der Waals surface area contributed by atoms with E-state index >= 15 is 0 Å².